The molecule has 0 aliphatic carbocycles. The van der Waals surface area contributed by atoms with E-state index in [1.54, 1.807) is 0 Å². The molecular formula is C11H23NOS. The Morgan fingerprint density at radius 1 is 1.00 bits per heavy atom. The minimum Gasteiger partial charge on any atom is -0.396 e. The van der Waals surface area contributed by atoms with Crippen LogP contribution >= 0.6 is 11.8 Å². The van der Waals surface area contributed by atoms with Crippen LogP contribution in [0.25, 0.3) is 0 Å². The summed E-state index contributed by atoms with van der Waals surface area (Å²) in [4.78, 5) is 2.60. The third-order valence-electron chi connectivity index (χ3n) is 2.70. The monoisotopic (exact) mass is 217 g/mol. The number of hydrogen-bond acceptors (Lipinski definition) is 3. The summed E-state index contributed by atoms with van der Waals surface area (Å²) in [5, 5.41) is 8.64. The van der Waals surface area contributed by atoms with E-state index >= 15 is 0 Å². The highest BCUT2D eigenvalue weighted by atomic mass is 32.2. The summed E-state index contributed by atoms with van der Waals surface area (Å²) < 4.78 is 0. The van der Waals surface area contributed by atoms with E-state index in [1.165, 1.54) is 56.8 Å². The normalized spacial score (nSPS) is 19.5. The molecule has 0 aromatic heterocycles. The topological polar surface area (TPSA) is 23.5 Å². The van der Waals surface area contributed by atoms with E-state index < -0.39 is 0 Å². The van der Waals surface area contributed by atoms with E-state index in [0.29, 0.717) is 6.61 Å². The lowest BCUT2D eigenvalue weighted by Gasteiger charge is -2.18. The Bertz CT molecular complexity index is 124. The summed E-state index contributed by atoms with van der Waals surface area (Å²) in [5.74, 6) is 2.66. The maximum atomic E-state index is 8.64. The van der Waals surface area contributed by atoms with E-state index in [9.17, 15) is 0 Å². The van der Waals surface area contributed by atoms with Gasteiger partial charge in [-0.2, -0.15) is 11.8 Å². The molecule has 0 atom stereocenters. The maximum absolute atomic E-state index is 8.64. The fourth-order valence-corrected chi connectivity index (χ4v) is 2.75. The van der Waals surface area contributed by atoms with Crippen molar-refractivity contribution in [2.24, 2.45) is 0 Å². The molecule has 0 amide bonds. The molecule has 1 aliphatic heterocycles. The zero-order valence-corrected chi connectivity index (χ0v) is 9.90. The molecule has 1 N–H and O–H groups in total. The smallest absolute Gasteiger partial charge is 0.0431 e. The van der Waals surface area contributed by atoms with Crippen LogP contribution in [-0.2, 0) is 0 Å². The Morgan fingerprint density at radius 2 is 1.86 bits per heavy atom. The van der Waals surface area contributed by atoms with Gasteiger partial charge in [0.2, 0.25) is 0 Å². The van der Waals surface area contributed by atoms with Gasteiger partial charge in [-0.3, -0.25) is 0 Å². The van der Waals surface area contributed by atoms with Crippen LogP contribution in [0.15, 0.2) is 0 Å². The molecule has 84 valence electrons. The van der Waals surface area contributed by atoms with Crippen LogP contribution in [0.1, 0.15) is 32.1 Å². The van der Waals surface area contributed by atoms with Gasteiger partial charge < -0.3 is 10.0 Å². The van der Waals surface area contributed by atoms with Gasteiger partial charge in [-0.15, -0.1) is 0 Å². The summed E-state index contributed by atoms with van der Waals surface area (Å²) in [6.07, 6.45) is 6.13. The van der Waals surface area contributed by atoms with Gasteiger partial charge in [0.05, 0.1) is 0 Å². The number of thioether (sulfide) groups is 1. The Morgan fingerprint density at radius 3 is 2.71 bits per heavy atom. The lowest BCUT2D eigenvalue weighted by molar-refractivity contribution is 0.270. The molecule has 0 aromatic carbocycles. The van der Waals surface area contributed by atoms with Gasteiger partial charge in [-0.25, -0.2) is 0 Å². The van der Waals surface area contributed by atoms with E-state index in [0.717, 1.165) is 6.42 Å². The van der Waals surface area contributed by atoms with Gasteiger partial charge in [0.25, 0.3) is 0 Å². The number of aliphatic hydroxyl groups is 1. The van der Waals surface area contributed by atoms with E-state index in [1.807, 2.05) is 0 Å². The van der Waals surface area contributed by atoms with Gasteiger partial charge in [0, 0.05) is 18.9 Å². The minimum absolute atomic E-state index is 0.361. The molecule has 1 fully saturated rings. The average molecular weight is 217 g/mol. The molecular weight excluding hydrogens is 194 g/mol. The fourth-order valence-electron chi connectivity index (χ4n) is 1.82. The second-order valence-corrected chi connectivity index (χ2v) is 5.17. The summed E-state index contributed by atoms with van der Waals surface area (Å²) >= 11 is 2.09. The molecule has 2 nitrogen and oxygen atoms in total. The number of hydrogen-bond donors (Lipinski definition) is 1. The van der Waals surface area contributed by atoms with Crippen LogP contribution < -0.4 is 0 Å². The van der Waals surface area contributed by atoms with Crippen molar-refractivity contribution in [3.05, 3.63) is 0 Å². The molecule has 0 bridgehead atoms. The highest BCUT2D eigenvalue weighted by molar-refractivity contribution is 7.99. The first-order chi connectivity index (χ1) is 6.93. The van der Waals surface area contributed by atoms with E-state index in [2.05, 4.69) is 16.7 Å². The van der Waals surface area contributed by atoms with Crippen LogP contribution in [0.2, 0.25) is 0 Å². The molecule has 0 spiro atoms. The number of rotatable bonds is 6. The van der Waals surface area contributed by atoms with Crippen LogP contribution in [0.4, 0.5) is 0 Å². The zero-order valence-electron chi connectivity index (χ0n) is 9.08. The third kappa shape index (κ3) is 5.89. The molecule has 0 aromatic rings. The van der Waals surface area contributed by atoms with Gasteiger partial charge in [0.15, 0.2) is 0 Å². The Kier molecular flexibility index (Phi) is 7.55. The van der Waals surface area contributed by atoms with Crippen molar-refractivity contribution in [2.45, 2.75) is 32.1 Å². The second kappa shape index (κ2) is 8.57. The highest BCUT2D eigenvalue weighted by Crippen LogP contribution is 2.11. The predicted molar refractivity (Wildman–Crippen MR) is 63.9 cm³/mol. The fraction of sp³-hybridized carbons (Fsp3) is 1.00. The largest absolute Gasteiger partial charge is 0.396 e. The first-order valence-corrected chi connectivity index (χ1v) is 7.00. The molecule has 1 rings (SSSR count). The first kappa shape index (κ1) is 12.3. The molecule has 0 radical (unpaired) electrons. The summed E-state index contributed by atoms with van der Waals surface area (Å²) in [5.41, 5.74) is 0. The van der Waals surface area contributed by atoms with Crippen molar-refractivity contribution in [1.82, 2.24) is 4.90 Å². The van der Waals surface area contributed by atoms with Crippen molar-refractivity contribution in [1.29, 1.82) is 0 Å². The van der Waals surface area contributed by atoms with Crippen molar-refractivity contribution in [2.75, 3.05) is 37.7 Å². The second-order valence-electron chi connectivity index (χ2n) is 3.95. The Balaban J connectivity index is 1.93. The summed E-state index contributed by atoms with van der Waals surface area (Å²) in [6, 6.07) is 0. The highest BCUT2D eigenvalue weighted by Gasteiger charge is 2.07. The zero-order chi connectivity index (χ0) is 10.1. The number of unbranched alkanes of at least 4 members (excludes halogenated alkanes) is 3. The lowest BCUT2D eigenvalue weighted by atomic mass is 10.2. The molecule has 0 saturated carbocycles. The van der Waals surface area contributed by atoms with Crippen molar-refractivity contribution >= 4 is 11.8 Å². The van der Waals surface area contributed by atoms with Gasteiger partial charge in [0.1, 0.15) is 0 Å². The molecule has 1 saturated heterocycles. The minimum atomic E-state index is 0.361. The molecule has 14 heavy (non-hydrogen) atoms. The predicted octanol–water partition coefficient (Wildman–Crippen LogP) is 1.98. The average Bonchev–Trinajstić information content (AvgIpc) is 2.46. The van der Waals surface area contributed by atoms with Crippen LogP contribution in [0.3, 0.4) is 0 Å². The van der Waals surface area contributed by atoms with Crippen molar-refractivity contribution in [3.8, 4) is 0 Å². The maximum Gasteiger partial charge on any atom is 0.0431 e. The quantitative estimate of drug-likeness (QED) is 0.688. The Hall–Kier alpha value is 0.270. The standard InChI is InChI=1S/C11H23NOS/c13-9-4-2-1-3-6-12-7-5-10-14-11-8-12/h13H,1-11H2. The molecule has 0 unspecified atom stereocenters. The summed E-state index contributed by atoms with van der Waals surface area (Å²) in [6.45, 7) is 4.21. The van der Waals surface area contributed by atoms with Crippen LogP contribution in [0.5, 0.6) is 0 Å². The molecule has 1 heterocycles. The van der Waals surface area contributed by atoms with Gasteiger partial charge in [-0.1, -0.05) is 12.8 Å². The summed E-state index contributed by atoms with van der Waals surface area (Å²) in [7, 11) is 0. The van der Waals surface area contributed by atoms with E-state index in [4.69, 9.17) is 5.11 Å². The molecule has 1 aliphatic rings. The van der Waals surface area contributed by atoms with Gasteiger partial charge >= 0.3 is 0 Å². The molecule has 3 heteroatoms. The van der Waals surface area contributed by atoms with Crippen LogP contribution in [-0.4, -0.2) is 47.8 Å². The SMILES string of the molecule is OCCCCCCN1CCCSCC1. The van der Waals surface area contributed by atoms with Crippen LogP contribution in [0, 0.1) is 0 Å². The Labute approximate surface area is 92.1 Å². The third-order valence-corrected chi connectivity index (χ3v) is 3.75. The number of nitrogens with zero attached hydrogens (tertiary/aromatic N) is 1. The van der Waals surface area contributed by atoms with E-state index in [-0.39, 0.29) is 0 Å². The number of aliphatic hydroxyl groups excluding tert-OH is 1. The van der Waals surface area contributed by atoms with Crippen molar-refractivity contribution in [3.63, 3.8) is 0 Å². The lowest BCUT2D eigenvalue weighted by Crippen LogP contribution is -2.27. The van der Waals surface area contributed by atoms with Gasteiger partial charge in [-0.05, 0) is 38.1 Å². The first-order valence-electron chi connectivity index (χ1n) is 5.84. The van der Waals surface area contributed by atoms with Crippen molar-refractivity contribution < 1.29 is 5.11 Å².